The Bertz CT molecular complexity index is 315. The maximum Gasteiger partial charge on any atom is 0.0603 e. The molecule has 0 aromatic carbocycles. The van der Waals surface area contributed by atoms with Crippen LogP contribution in [0.25, 0.3) is 0 Å². The number of hydrogen-bond acceptors (Lipinski definition) is 1. The van der Waals surface area contributed by atoms with Gasteiger partial charge in [-0.05, 0) is 81.0 Å². The van der Waals surface area contributed by atoms with E-state index in [9.17, 15) is 0 Å². The second kappa shape index (κ2) is 8.88. The van der Waals surface area contributed by atoms with Gasteiger partial charge in [0.25, 0.3) is 0 Å². The molecule has 2 aliphatic carbocycles. The van der Waals surface area contributed by atoms with Gasteiger partial charge < -0.3 is 4.74 Å². The van der Waals surface area contributed by atoms with E-state index in [1.807, 2.05) is 0 Å². The Morgan fingerprint density at radius 2 is 1.22 bits per heavy atom. The minimum absolute atomic E-state index is 0.610. The topological polar surface area (TPSA) is 9.23 Å². The molecule has 2 saturated carbocycles. The molecule has 0 amide bonds. The largest absolute Gasteiger partial charge is 0.378 e. The van der Waals surface area contributed by atoms with E-state index in [-0.39, 0.29) is 0 Å². The molecule has 1 heterocycles. The molecule has 0 radical (unpaired) electrons. The minimum Gasteiger partial charge on any atom is -0.378 e. The normalized spacial score (nSPS) is 42.5. The number of rotatable bonds is 5. The van der Waals surface area contributed by atoms with Gasteiger partial charge >= 0.3 is 0 Å². The van der Waals surface area contributed by atoms with Crippen LogP contribution in [-0.2, 0) is 4.74 Å². The van der Waals surface area contributed by atoms with Crippen LogP contribution in [0.4, 0.5) is 0 Å². The lowest BCUT2D eigenvalue weighted by Crippen LogP contribution is -2.35. The Kier molecular flexibility index (Phi) is 6.86. The first-order valence-corrected chi connectivity index (χ1v) is 10.9. The highest BCUT2D eigenvalue weighted by Gasteiger charge is 2.34. The maximum absolute atomic E-state index is 6.24. The van der Waals surface area contributed by atoms with Gasteiger partial charge in [0, 0.05) is 6.61 Å². The van der Waals surface area contributed by atoms with Crippen molar-refractivity contribution >= 4 is 0 Å². The van der Waals surface area contributed by atoms with E-state index in [0.717, 1.165) is 36.2 Å². The molecule has 1 aliphatic heterocycles. The van der Waals surface area contributed by atoms with Crippen molar-refractivity contribution in [1.29, 1.82) is 0 Å². The molecule has 0 spiro atoms. The van der Waals surface area contributed by atoms with Crippen LogP contribution in [-0.4, -0.2) is 12.7 Å². The van der Waals surface area contributed by atoms with Crippen molar-refractivity contribution in [2.45, 2.75) is 103 Å². The fraction of sp³-hybridized carbons (Fsp3) is 1.00. The van der Waals surface area contributed by atoms with Crippen molar-refractivity contribution in [3.8, 4) is 0 Å². The molecule has 0 aromatic heterocycles. The molecule has 3 rings (SSSR count). The van der Waals surface area contributed by atoms with Crippen molar-refractivity contribution in [2.24, 2.45) is 29.6 Å². The smallest absolute Gasteiger partial charge is 0.0603 e. The molecule has 2 unspecified atom stereocenters. The van der Waals surface area contributed by atoms with Crippen LogP contribution < -0.4 is 0 Å². The molecule has 0 aromatic rings. The summed E-state index contributed by atoms with van der Waals surface area (Å²) >= 11 is 0. The standard InChI is InChI=1S/C22H40O/c1-3-5-18-6-9-19(10-7-18)20-11-13-21(14-12-20)22-15-8-17(4-2)16-23-22/h17-22H,3-16H2,1-2H3. The van der Waals surface area contributed by atoms with Gasteiger partial charge in [-0.1, -0.05) is 46.0 Å². The molecule has 0 bridgehead atoms. The molecule has 2 atom stereocenters. The van der Waals surface area contributed by atoms with E-state index in [0.29, 0.717) is 6.10 Å². The summed E-state index contributed by atoms with van der Waals surface area (Å²) in [4.78, 5) is 0. The summed E-state index contributed by atoms with van der Waals surface area (Å²) in [5.74, 6) is 4.93. The van der Waals surface area contributed by atoms with Crippen molar-refractivity contribution in [3.05, 3.63) is 0 Å². The minimum atomic E-state index is 0.610. The van der Waals surface area contributed by atoms with Crippen molar-refractivity contribution in [3.63, 3.8) is 0 Å². The van der Waals surface area contributed by atoms with Crippen molar-refractivity contribution in [1.82, 2.24) is 0 Å². The van der Waals surface area contributed by atoms with Gasteiger partial charge in [0.15, 0.2) is 0 Å². The van der Waals surface area contributed by atoms with Gasteiger partial charge in [-0.15, -0.1) is 0 Å². The summed E-state index contributed by atoms with van der Waals surface area (Å²) in [5.41, 5.74) is 0. The summed E-state index contributed by atoms with van der Waals surface area (Å²) < 4.78 is 6.24. The van der Waals surface area contributed by atoms with Gasteiger partial charge in [-0.2, -0.15) is 0 Å². The Labute approximate surface area is 144 Å². The first-order valence-electron chi connectivity index (χ1n) is 10.9. The molecule has 3 aliphatic rings. The highest BCUT2D eigenvalue weighted by molar-refractivity contribution is 4.85. The molecule has 1 heteroatoms. The third-order valence-corrected chi connectivity index (χ3v) is 7.58. The van der Waals surface area contributed by atoms with Crippen LogP contribution in [0.2, 0.25) is 0 Å². The Morgan fingerprint density at radius 3 is 1.74 bits per heavy atom. The third kappa shape index (κ3) is 4.74. The monoisotopic (exact) mass is 320 g/mol. The lowest BCUT2D eigenvalue weighted by Gasteiger charge is -2.41. The van der Waals surface area contributed by atoms with Crippen molar-refractivity contribution < 1.29 is 4.74 Å². The first kappa shape index (κ1) is 17.8. The summed E-state index contributed by atoms with van der Waals surface area (Å²) in [6.07, 6.45) is 19.6. The molecule has 134 valence electrons. The fourth-order valence-electron chi connectivity index (χ4n) is 5.86. The Morgan fingerprint density at radius 1 is 0.652 bits per heavy atom. The fourth-order valence-corrected chi connectivity index (χ4v) is 5.86. The van der Waals surface area contributed by atoms with E-state index < -0.39 is 0 Å². The van der Waals surface area contributed by atoms with E-state index in [2.05, 4.69) is 13.8 Å². The van der Waals surface area contributed by atoms with Crippen LogP contribution >= 0.6 is 0 Å². The van der Waals surface area contributed by atoms with E-state index in [1.165, 1.54) is 83.5 Å². The summed E-state index contributed by atoms with van der Waals surface area (Å²) in [6, 6.07) is 0. The average Bonchev–Trinajstić information content (AvgIpc) is 2.63. The van der Waals surface area contributed by atoms with Gasteiger partial charge in [-0.25, -0.2) is 0 Å². The molecule has 1 saturated heterocycles. The highest BCUT2D eigenvalue weighted by atomic mass is 16.5. The Hall–Kier alpha value is -0.0400. The number of hydrogen-bond donors (Lipinski definition) is 0. The van der Waals surface area contributed by atoms with Crippen LogP contribution in [0.5, 0.6) is 0 Å². The number of ether oxygens (including phenoxy) is 1. The lowest BCUT2D eigenvalue weighted by molar-refractivity contribution is -0.0609. The first-order chi connectivity index (χ1) is 11.3. The van der Waals surface area contributed by atoms with Gasteiger partial charge in [-0.3, -0.25) is 0 Å². The zero-order valence-electron chi connectivity index (χ0n) is 15.8. The van der Waals surface area contributed by atoms with E-state index >= 15 is 0 Å². The van der Waals surface area contributed by atoms with E-state index in [4.69, 9.17) is 4.74 Å². The van der Waals surface area contributed by atoms with Gasteiger partial charge in [0.1, 0.15) is 0 Å². The molecule has 1 nitrogen and oxygen atoms in total. The van der Waals surface area contributed by atoms with Crippen LogP contribution in [0, 0.1) is 29.6 Å². The predicted molar refractivity (Wildman–Crippen MR) is 98.6 cm³/mol. The third-order valence-electron chi connectivity index (χ3n) is 7.58. The maximum atomic E-state index is 6.24. The van der Waals surface area contributed by atoms with E-state index in [1.54, 1.807) is 0 Å². The lowest BCUT2D eigenvalue weighted by atomic mass is 9.67. The summed E-state index contributed by atoms with van der Waals surface area (Å²) in [5, 5.41) is 0. The predicted octanol–water partition coefficient (Wildman–Crippen LogP) is 6.60. The van der Waals surface area contributed by atoms with Crippen LogP contribution in [0.1, 0.15) is 97.3 Å². The van der Waals surface area contributed by atoms with Crippen LogP contribution in [0.3, 0.4) is 0 Å². The van der Waals surface area contributed by atoms with Gasteiger partial charge in [0.2, 0.25) is 0 Å². The molecule has 3 fully saturated rings. The Balaban J connectivity index is 1.37. The highest BCUT2D eigenvalue weighted by Crippen LogP contribution is 2.44. The summed E-state index contributed by atoms with van der Waals surface area (Å²) in [6.45, 7) is 5.71. The zero-order chi connectivity index (χ0) is 16.1. The summed E-state index contributed by atoms with van der Waals surface area (Å²) in [7, 11) is 0. The van der Waals surface area contributed by atoms with Crippen LogP contribution in [0.15, 0.2) is 0 Å². The quantitative estimate of drug-likeness (QED) is 0.554. The molecular weight excluding hydrogens is 280 g/mol. The van der Waals surface area contributed by atoms with Crippen molar-refractivity contribution in [2.75, 3.05) is 6.61 Å². The second-order valence-electron chi connectivity index (χ2n) is 8.97. The molecule has 23 heavy (non-hydrogen) atoms. The SMILES string of the molecule is CCCC1CCC(C2CCC(C3CCC(CC)CO3)CC2)CC1. The van der Waals surface area contributed by atoms with Gasteiger partial charge in [0.05, 0.1) is 6.10 Å². The zero-order valence-corrected chi connectivity index (χ0v) is 15.8. The molecular formula is C22H40O. The molecule has 0 N–H and O–H groups in total. The second-order valence-corrected chi connectivity index (χ2v) is 8.97. The average molecular weight is 321 g/mol.